The molecule has 0 amide bonds. The minimum atomic E-state index is -0.525. The van der Waals surface area contributed by atoms with Gasteiger partial charge in [-0.15, -0.1) is 0 Å². The van der Waals surface area contributed by atoms with Crippen LogP contribution in [0.25, 0.3) is 0 Å². The Balaban J connectivity index is 1.59. The van der Waals surface area contributed by atoms with E-state index in [4.69, 9.17) is 25.8 Å². The summed E-state index contributed by atoms with van der Waals surface area (Å²) < 4.78 is 15.3. The number of alkyl halides is 1. The molecular formula is C25H23ClIO5S+. The Morgan fingerprint density at radius 1 is 0.848 bits per heavy atom. The van der Waals surface area contributed by atoms with Crippen LogP contribution in [0, 0.1) is 0 Å². The van der Waals surface area contributed by atoms with Crippen LogP contribution in [-0.2, 0) is 30.0 Å². The van der Waals surface area contributed by atoms with E-state index in [1.807, 2.05) is 89.3 Å². The molecule has 2 atom stereocenters. The number of ether oxygens (including phenoxy) is 3. The van der Waals surface area contributed by atoms with E-state index >= 15 is 0 Å². The van der Waals surface area contributed by atoms with Gasteiger partial charge in [0, 0.05) is 5.02 Å². The molecule has 0 saturated heterocycles. The fourth-order valence-corrected chi connectivity index (χ4v) is 5.17. The SMILES string of the molecule is CC(I)C(=O)OCCOC(=O)COc1ccc([S+](c2ccccc2)c2ccc(Cl)cc2)cc1. The second-order valence-electron chi connectivity index (χ2n) is 6.84. The van der Waals surface area contributed by atoms with Crippen molar-refractivity contribution in [1.82, 2.24) is 0 Å². The van der Waals surface area contributed by atoms with Crippen LogP contribution in [0.1, 0.15) is 6.92 Å². The number of halogens is 2. The minimum Gasteiger partial charge on any atom is -0.482 e. The van der Waals surface area contributed by atoms with Gasteiger partial charge < -0.3 is 14.2 Å². The highest BCUT2D eigenvalue weighted by molar-refractivity contribution is 14.1. The Hall–Kier alpha value is -2.23. The lowest BCUT2D eigenvalue weighted by Gasteiger charge is -2.10. The Morgan fingerprint density at radius 3 is 2.00 bits per heavy atom. The van der Waals surface area contributed by atoms with Crippen molar-refractivity contribution in [2.75, 3.05) is 19.8 Å². The second kappa shape index (κ2) is 12.9. The van der Waals surface area contributed by atoms with E-state index in [9.17, 15) is 9.59 Å². The number of carbonyl (C=O) groups excluding carboxylic acids is 2. The average Bonchev–Trinajstić information content (AvgIpc) is 2.83. The summed E-state index contributed by atoms with van der Waals surface area (Å²) in [7, 11) is -0.305. The standard InChI is InChI=1S/C25H23ClIO5S/c1-18(27)25(29)31-16-15-30-24(28)17-32-20-9-13-23(14-10-20)33(21-5-3-2-4-6-21)22-11-7-19(26)8-12-22/h2-14,18H,15-17H2,1H3/q+1. The van der Waals surface area contributed by atoms with Gasteiger partial charge in [-0.25, -0.2) is 4.79 Å². The first-order valence-corrected chi connectivity index (χ1v) is 13.0. The largest absolute Gasteiger partial charge is 0.482 e. The summed E-state index contributed by atoms with van der Waals surface area (Å²) in [4.78, 5) is 26.7. The number of hydrogen-bond acceptors (Lipinski definition) is 5. The maximum absolute atomic E-state index is 11.9. The Morgan fingerprint density at radius 2 is 1.39 bits per heavy atom. The van der Waals surface area contributed by atoms with Crippen molar-refractivity contribution in [2.45, 2.75) is 25.5 Å². The van der Waals surface area contributed by atoms with Gasteiger partial charge in [0.2, 0.25) is 0 Å². The topological polar surface area (TPSA) is 61.8 Å². The number of hydrogen-bond donors (Lipinski definition) is 0. The van der Waals surface area contributed by atoms with Crippen LogP contribution in [-0.4, -0.2) is 35.7 Å². The van der Waals surface area contributed by atoms with Crippen molar-refractivity contribution in [2.24, 2.45) is 0 Å². The summed E-state index contributed by atoms with van der Waals surface area (Å²) in [5.74, 6) is -0.299. The Bertz CT molecular complexity index is 1040. The van der Waals surface area contributed by atoms with Gasteiger partial charge in [0.1, 0.15) is 22.9 Å². The first kappa shape index (κ1) is 25.4. The van der Waals surface area contributed by atoms with Gasteiger partial charge in [0.25, 0.3) is 0 Å². The molecular weight excluding hydrogens is 575 g/mol. The lowest BCUT2D eigenvalue weighted by molar-refractivity contribution is -0.152. The predicted octanol–water partition coefficient (Wildman–Crippen LogP) is 5.72. The molecule has 0 bridgehead atoms. The lowest BCUT2D eigenvalue weighted by Crippen LogP contribution is -2.20. The van der Waals surface area contributed by atoms with Gasteiger partial charge in [-0.1, -0.05) is 52.4 Å². The number of rotatable bonds is 10. The van der Waals surface area contributed by atoms with E-state index in [0.717, 1.165) is 9.79 Å². The summed E-state index contributed by atoms with van der Waals surface area (Å²) in [5, 5.41) is 0.698. The van der Waals surface area contributed by atoms with E-state index in [-0.39, 0.29) is 40.6 Å². The molecule has 2 unspecified atom stereocenters. The van der Waals surface area contributed by atoms with Crippen molar-refractivity contribution in [3.63, 3.8) is 0 Å². The normalized spacial score (nSPS) is 12.5. The van der Waals surface area contributed by atoms with Crippen molar-refractivity contribution in [1.29, 1.82) is 0 Å². The summed E-state index contributed by atoms with van der Waals surface area (Å²) in [6, 6.07) is 25.8. The number of esters is 2. The van der Waals surface area contributed by atoms with Gasteiger partial charge in [-0.05, 0) is 67.6 Å². The van der Waals surface area contributed by atoms with E-state index in [1.54, 1.807) is 6.92 Å². The fourth-order valence-electron chi connectivity index (χ4n) is 2.80. The first-order valence-electron chi connectivity index (χ1n) is 10.2. The van der Waals surface area contributed by atoms with Crippen molar-refractivity contribution in [3.05, 3.63) is 83.9 Å². The molecule has 0 aliphatic carbocycles. The van der Waals surface area contributed by atoms with Gasteiger partial charge >= 0.3 is 11.9 Å². The molecule has 3 rings (SSSR count). The maximum atomic E-state index is 11.9. The number of benzene rings is 3. The first-order chi connectivity index (χ1) is 15.9. The monoisotopic (exact) mass is 597 g/mol. The van der Waals surface area contributed by atoms with Gasteiger partial charge in [0.15, 0.2) is 21.3 Å². The zero-order valence-electron chi connectivity index (χ0n) is 17.9. The predicted molar refractivity (Wildman–Crippen MR) is 137 cm³/mol. The zero-order valence-corrected chi connectivity index (χ0v) is 21.6. The van der Waals surface area contributed by atoms with Crippen LogP contribution in [0.2, 0.25) is 5.02 Å². The third-order valence-electron chi connectivity index (χ3n) is 4.36. The molecule has 0 saturated carbocycles. The summed E-state index contributed by atoms with van der Waals surface area (Å²) in [5.41, 5.74) is 0. The quantitative estimate of drug-likeness (QED) is 0.0983. The molecule has 0 spiro atoms. The van der Waals surface area contributed by atoms with E-state index < -0.39 is 5.97 Å². The van der Waals surface area contributed by atoms with Gasteiger partial charge in [0.05, 0.1) is 10.9 Å². The van der Waals surface area contributed by atoms with E-state index in [2.05, 4.69) is 12.1 Å². The minimum absolute atomic E-state index is 0.00278. The number of carbonyl (C=O) groups is 2. The third kappa shape index (κ3) is 7.94. The molecule has 5 nitrogen and oxygen atoms in total. The molecule has 3 aromatic rings. The molecule has 3 aromatic carbocycles. The highest BCUT2D eigenvalue weighted by Gasteiger charge is 2.28. The van der Waals surface area contributed by atoms with Crippen molar-refractivity contribution in [3.8, 4) is 5.75 Å². The highest BCUT2D eigenvalue weighted by Crippen LogP contribution is 2.32. The van der Waals surface area contributed by atoms with Crippen molar-refractivity contribution < 1.29 is 23.8 Å². The fraction of sp³-hybridized carbons (Fsp3) is 0.200. The molecule has 33 heavy (non-hydrogen) atoms. The molecule has 8 heteroatoms. The lowest BCUT2D eigenvalue weighted by atomic mass is 10.3. The molecule has 0 heterocycles. The molecule has 0 aromatic heterocycles. The van der Waals surface area contributed by atoms with Crippen LogP contribution in [0.3, 0.4) is 0 Å². The Kier molecular flexibility index (Phi) is 9.90. The third-order valence-corrected chi connectivity index (χ3v) is 7.35. The second-order valence-corrected chi connectivity index (χ2v) is 11.2. The summed E-state index contributed by atoms with van der Waals surface area (Å²) in [6.45, 7) is 1.53. The smallest absolute Gasteiger partial charge is 0.344 e. The van der Waals surface area contributed by atoms with Crippen LogP contribution in [0.5, 0.6) is 5.75 Å². The summed E-state index contributed by atoms with van der Waals surface area (Å²) >= 11 is 8.04. The van der Waals surface area contributed by atoms with Crippen LogP contribution >= 0.6 is 34.2 Å². The van der Waals surface area contributed by atoms with Crippen LogP contribution < -0.4 is 4.74 Å². The van der Waals surface area contributed by atoms with E-state index in [1.165, 1.54) is 4.90 Å². The van der Waals surface area contributed by atoms with Gasteiger partial charge in [-0.3, -0.25) is 4.79 Å². The van der Waals surface area contributed by atoms with Crippen LogP contribution in [0.4, 0.5) is 0 Å². The molecule has 0 aliphatic rings. The maximum Gasteiger partial charge on any atom is 0.344 e. The molecule has 0 radical (unpaired) electrons. The Labute approximate surface area is 214 Å². The highest BCUT2D eigenvalue weighted by atomic mass is 127. The zero-order chi connectivity index (χ0) is 23.6. The molecule has 0 N–H and O–H groups in total. The average molecular weight is 598 g/mol. The van der Waals surface area contributed by atoms with Crippen molar-refractivity contribution >= 4 is 57.0 Å². The van der Waals surface area contributed by atoms with E-state index in [0.29, 0.717) is 10.8 Å². The molecule has 0 fully saturated rings. The molecule has 172 valence electrons. The van der Waals surface area contributed by atoms with Crippen LogP contribution in [0.15, 0.2) is 93.5 Å². The van der Waals surface area contributed by atoms with Gasteiger partial charge in [-0.2, -0.15) is 0 Å². The molecule has 0 aliphatic heterocycles. The summed E-state index contributed by atoms with van der Waals surface area (Å²) in [6.07, 6.45) is 0.